The first-order chi connectivity index (χ1) is 19.0. The van der Waals surface area contributed by atoms with Crippen LogP contribution in [0.3, 0.4) is 0 Å². The number of hydrogen-bond donors (Lipinski definition) is 2. The van der Waals surface area contributed by atoms with Crippen molar-refractivity contribution in [3.05, 3.63) is 124 Å². The third-order valence-electron chi connectivity index (χ3n) is 7.10. The summed E-state index contributed by atoms with van der Waals surface area (Å²) in [5.41, 5.74) is 4.86. The first-order valence-electron chi connectivity index (χ1n) is 13.2. The highest BCUT2D eigenvalue weighted by Crippen LogP contribution is 2.30. The summed E-state index contributed by atoms with van der Waals surface area (Å²) < 4.78 is 0.906. The van der Waals surface area contributed by atoms with E-state index in [0.717, 1.165) is 48.1 Å². The van der Waals surface area contributed by atoms with E-state index in [4.69, 9.17) is 0 Å². The number of rotatable bonds is 8. The molecule has 3 aromatic carbocycles. The Hall–Kier alpha value is -3.97. The number of amides is 2. The van der Waals surface area contributed by atoms with Crippen LogP contribution in [-0.2, 0) is 13.0 Å². The summed E-state index contributed by atoms with van der Waals surface area (Å²) in [6.45, 7) is 2.14. The van der Waals surface area contributed by atoms with E-state index in [1.165, 1.54) is 5.56 Å². The molecule has 7 heteroatoms. The zero-order chi connectivity index (χ0) is 27.0. The fourth-order valence-corrected chi connectivity index (χ4v) is 5.25. The molecule has 0 unspecified atom stereocenters. The topological polar surface area (TPSA) is 74.3 Å². The minimum Gasteiger partial charge on any atom is -0.371 e. The van der Waals surface area contributed by atoms with Gasteiger partial charge in [-0.1, -0.05) is 52.3 Å². The first kappa shape index (κ1) is 26.6. The van der Waals surface area contributed by atoms with E-state index >= 15 is 0 Å². The Morgan fingerprint density at radius 1 is 0.872 bits per heavy atom. The monoisotopic (exact) mass is 582 g/mol. The van der Waals surface area contributed by atoms with Crippen molar-refractivity contribution in [3.8, 4) is 0 Å². The summed E-state index contributed by atoms with van der Waals surface area (Å²) >= 11 is 3.40. The van der Waals surface area contributed by atoms with E-state index in [9.17, 15) is 9.59 Å². The van der Waals surface area contributed by atoms with Crippen LogP contribution in [0.4, 0.5) is 11.4 Å². The molecular formula is C32H31BrN4O2. The van der Waals surface area contributed by atoms with Gasteiger partial charge in [0.1, 0.15) is 0 Å². The SMILES string of the molecule is O=C(Nc1ccc(N2CCC(Cc3ccccc3)CC2)c(C(=O)NCc2cccnc2)c1)c1ccc(Br)cc1. The van der Waals surface area contributed by atoms with Crippen molar-refractivity contribution in [2.75, 3.05) is 23.3 Å². The lowest BCUT2D eigenvalue weighted by Gasteiger charge is -2.35. The molecule has 2 N–H and O–H groups in total. The number of halogens is 1. The molecule has 4 aromatic rings. The molecule has 1 aliphatic heterocycles. The Morgan fingerprint density at radius 2 is 1.62 bits per heavy atom. The standard InChI is InChI=1S/C32H31BrN4O2/c33-27-10-8-26(9-11-27)31(38)36-28-12-13-30(29(20-28)32(39)35-22-25-7-4-16-34-21-25)37-17-14-24(15-18-37)19-23-5-2-1-3-6-23/h1-13,16,20-21,24H,14-15,17-19,22H2,(H,35,39)(H,36,38). The summed E-state index contributed by atoms with van der Waals surface area (Å²) in [7, 11) is 0. The molecule has 0 spiro atoms. The maximum Gasteiger partial charge on any atom is 0.255 e. The quantitative estimate of drug-likeness (QED) is 0.249. The smallest absolute Gasteiger partial charge is 0.255 e. The molecule has 1 aliphatic rings. The van der Waals surface area contributed by atoms with Gasteiger partial charge in [0, 0.05) is 53.4 Å². The molecule has 0 saturated carbocycles. The van der Waals surface area contributed by atoms with Gasteiger partial charge >= 0.3 is 0 Å². The number of piperidine rings is 1. The van der Waals surface area contributed by atoms with Gasteiger partial charge in [-0.15, -0.1) is 0 Å². The van der Waals surface area contributed by atoms with Crippen LogP contribution in [0.1, 0.15) is 44.7 Å². The highest BCUT2D eigenvalue weighted by atomic mass is 79.9. The zero-order valence-electron chi connectivity index (χ0n) is 21.6. The number of hydrogen-bond acceptors (Lipinski definition) is 4. The molecule has 0 radical (unpaired) electrons. The highest BCUT2D eigenvalue weighted by molar-refractivity contribution is 9.10. The van der Waals surface area contributed by atoms with E-state index < -0.39 is 0 Å². The number of pyridine rings is 1. The van der Waals surface area contributed by atoms with Crippen LogP contribution in [0, 0.1) is 5.92 Å². The fourth-order valence-electron chi connectivity index (χ4n) is 4.98. The number of benzene rings is 3. The molecule has 0 bridgehead atoms. The van der Waals surface area contributed by atoms with Crippen LogP contribution >= 0.6 is 15.9 Å². The second-order valence-electron chi connectivity index (χ2n) is 9.86. The first-order valence-corrected chi connectivity index (χ1v) is 14.0. The minimum absolute atomic E-state index is 0.181. The molecule has 1 fully saturated rings. The zero-order valence-corrected chi connectivity index (χ0v) is 23.2. The van der Waals surface area contributed by atoms with Crippen LogP contribution in [0.2, 0.25) is 0 Å². The second kappa shape index (κ2) is 12.7. The van der Waals surface area contributed by atoms with Gasteiger partial charge in [0.15, 0.2) is 0 Å². The average molecular weight is 584 g/mol. The summed E-state index contributed by atoms with van der Waals surface area (Å²) in [4.78, 5) is 32.7. The van der Waals surface area contributed by atoms with Gasteiger partial charge < -0.3 is 15.5 Å². The Kier molecular flexibility index (Phi) is 8.68. The molecule has 6 nitrogen and oxygen atoms in total. The van der Waals surface area contributed by atoms with Crippen LogP contribution in [0.25, 0.3) is 0 Å². The Labute approximate surface area is 237 Å². The molecule has 1 saturated heterocycles. The summed E-state index contributed by atoms with van der Waals surface area (Å²) in [5, 5.41) is 5.98. The largest absolute Gasteiger partial charge is 0.371 e. The van der Waals surface area contributed by atoms with E-state index in [2.05, 4.69) is 66.8 Å². The van der Waals surface area contributed by atoms with E-state index in [1.54, 1.807) is 30.6 Å². The molecule has 39 heavy (non-hydrogen) atoms. The van der Waals surface area contributed by atoms with Gasteiger partial charge in [-0.2, -0.15) is 0 Å². The molecule has 2 heterocycles. The molecule has 2 amide bonds. The summed E-state index contributed by atoms with van der Waals surface area (Å²) in [6, 6.07) is 27.2. The molecule has 0 atom stereocenters. The van der Waals surface area contributed by atoms with Crippen LogP contribution in [0.15, 0.2) is 102 Å². The highest BCUT2D eigenvalue weighted by Gasteiger charge is 2.24. The predicted octanol–water partition coefficient (Wildman–Crippen LogP) is 6.49. The lowest BCUT2D eigenvalue weighted by atomic mass is 9.89. The average Bonchev–Trinajstić information content (AvgIpc) is 2.98. The van der Waals surface area contributed by atoms with Gasteiger partial charge in [-0.25, -0.2) is 0 Å². The minimum atomic E-state index is -0.223. The van der Waals surface area contributed by atoms with Crippen molar-refractivity contribution in [2.24, 2.45) is 5.92 Å². The van der Waals surface area contributed by atoms with Crippen LogP contribution in [-0.4, -0.2) is 29.9 Å². The Morgan fingerprint density at radius 3 is 2.33 bits per heavy atom. The number of carbonyl (C=O) groups is 2. The number of anilines is 2. The summed E-state index contributed by atoms with van der Waals surface area (Å²) in [5.74, 6) is 0.217. The number of nitrogens with zero attached hydrogens (tertiary/aromatic N) is 2. The third kappa shape index (κ3) is 7.12. The molecule has 1 aromatic heterocycles. The van der Waals surface area contributed by atoms with Crippen molar-refractivity contribution in [1.82, 2.24) is 10.3 Å². The fraction of sp³-hybridized carbons (Fsp3) is 0.219. The van der Waals surface area contributed by atoms with Crippen molar-refractivity contribution in [2.45, 2.75) is 25.8 Å². The molecular weight excluding hydrogens is 552 g/mol. The second-order valence-corrected chi connectivity index (χ2v) is 10.8. The van der Waals surface area contributed by atoms with Gasteiger partial charge in [-0.3, -0.25) is 14.6 Å². The number of carbonyl (C=O) groups excluding carboxylic acids is 2. The van der Waals surface area contributed by atoms with Gasteiger partial charge in [-0.05, 0) is 84.8 Å². The van der Waals surface area contributed by atoms with Crippen molar-refractivity contribution in [3.63, 3.8) is 0 Å². The lowest BCUT2D eigenvalue weighted by Crippen LogP contribution is -2.36. The third-order valence-corrected chi connectivity index (χ3v) is 7.63. The number of nitrogens with one attached hydrogen (secondary N) is 2. The molecule has 198 valence electrons. The van der Waals surface area contributed by atoms with Crippen molar-refractivity contribution < 1.29 is 9.59 Å². The Balaban J connectivity index is 1.32. The predicted molar refractivity (Wildman–Crippen MR) is 159 cm³/mol. The van der Waals surface area contributed by atoms with Crippen LogP contribution < -0.4 is 15.5 Å². The van der Waals surface area contributed by atoms with E-state index in [0.29, 0.717) is 29.3 Å². The normalized spacial score (nSPS) is 13.6. The maximum atomic E-state index is 13.5. The maximum absolute atomic E-state index is 13.5. The van der Waals surface area contributed by atoms with Gasteiger partial charge in [0.2, 0.25) is 0 Å². The Bertz CT molecular complexity index is 1400. The molecule has 5 rings (SSSR count). The van der Waals surface area contributed by atoms with Gasteiger partial charge in [0.05, 0.1) is 5.56 Å². The van der Waals surface area contributed by atoms with E-state index in [1.807, 2.05) is 36.4 Å². The lowest BCUT2D eigenvalue weighted by molar-refractivity contribution is 0.0950. The van der Waals surface area contributed by atoms with Gasteiger partial charge in [0.25, 0.3) is 11.8 Å². The number of aromatic nitrogens is 1. The van der Waals surface area contributed by atoms with Crippen molar-refractivity contribution >= 4 is 39.1 Å². The van der Waals surface area contributed by atoms with Crippen molar-refractivity contribution in [1.29, 1.82) is 0 Å². The summed E-state index contributed by atoms with van der Waals surface area (Å²) in [6.07, 6.45) is 6.66. The van der Waals surface area contributed by atoms with Crippen LogP contribution in [0.5, 0.6) is 0 Å². The molecule has 0 aliphatic carbocycles. The van der Waals surface area contributed by atoms with E-state index in [-0.39, 0.29) is 11.8 Å².